The molecule has 0 radical (unpaired) electrons. The summed E-state index contributed by atoms with van der Waals surface area (Å²) < 4.78 is 10.4. The monoisotopic (exact) mass is 450 g/mol. The third-order valence-corrected chi connectivity index (χ3v) is 4.57. The Labute approximate surface area is 189 Å². The smallest absolute Gasteiger partial charge is 0.323 e. The fourth-order valence-electron chi connectivity index (χ4n) is 2.99. The number of anilines is 3. The molecule has 0 saturated carbocycles. The molecule has 0 heterocycles. The highest BCUT2D eigenvalue weighted by molar-refractivity contribution is 6.11. The van der Waals surface area contributed by atoms with Gasteiger partial charge >= 0.3 is 6.03 Å². The van der Waals surface area contributed by atoms with Crippen molar-refractivity contribution in [2.45, 2.75) is 0 Å². The number of ether oxygens (including phenoxy) is 2. The van der Waals surface area contributed by atoms with E-state index in [-0.39, 0.29) is 39.8 Å². The number of hydrogen-bond acceptors (Lipinski definition) is 6. The van der Waals surface area contributed by atoms with Gasteiger partial charge in [0.2, 0.25) is 0 Å². The van der Waals surface area contributed by atoms with E-state index in [1.807, 2.05) is 6.07 Å². The first-order valence-electron chi connectivity index (χ1n) is 9.65. The van der Waals surface area contributed by atoms with E-state index in [0.717, 1.165) is 0 Å². The second-order valence-electron chi connectivity index (χ2n) is 6.75. The molecule has 0 aliphatic rings. The molecule has 0 unspecified atom stereocenters. The molecule has 0 spiro atoms. The van der Waals surface area contributed by atoms with Crippen LogP contribution in [-0.2, 0) is 0 Å². The summed E-state index contributed by atoms with van der Waals surface area (Å²) in [5, 5.41) is 18.0. The number of nitrogens with one attached hydrogen (secondary N) is 3. The van der Waals surface area contributed by atoms with Gasteiger partial charge in [-0.25, -0.2) is 4.79 Å². The number of carbonyl (C=O) groups excluding carboxylic acids is 3. The van der Waals surface area contributed by atoms with E-state index in [2.05, 4.69) is 16.0 Å². The molecule has 0 bridgehead atoms. The second kappa shape index (κ2) is 10.1. The quantitative estimate of drug-likeness (QED) is 0.348. The lowest BCUT2D eigenvalue weighted by molar-refractivity contribution is 0.100. The van der Waals surface area contributed by atoms with Gasteiger partial charge in [-0.3, -0.25) is 9.59 Å². The van der Waals surface area contributed by atoms with E-state index in [9.17, 15) is 19.5 Å². The summed E-state index contributed by atoms with van der Waals surface area (Å²) in [6.45, 7) is 0. The van der Waals surface area contributed by atoms with Crippen LogP contribution in [0.1, 0.15) is 20.7 Å². The molecular formula is C23H22N4O6. The minimum absolute atomic E-state index is 0.0167. The van der Waals surface area contributed by atoms with Crippen LogP contribution in [0.3, 0.4) is 0 Å². The zero-order valence-corrected chi connectivity index (χ0v) is 17.8. The first-order chi connectivity index (χ1) is 15.8. The molecule has 0 saturated heterocycles. The number of carbonyl (C=O) groups is 3. The molecule has 10 heteroatoms. The SMILES string of the molecule is COc1cc(NC(=O)c2cc(NC(=O)Nc3ccccc3)ccc2O)c(C(N)=O)cc1OC. The van der Waals surface area contributed by atoms with Crippen LogP contribution in [0.15, 0.2) is 60.7 Å². The van der Waals surface area contributed by atoms with E-state index in [1.54, 1.807) is 24.3 Å². The molecule has 3 rings (SSSR count). The van der Waals surface area contributed by atoms with Gasteiger partial charge in [-0.15, -0.1) is 0 Å². The molecule has 0 aliphatic heterocycles. The Bertz CT molecular complexity index is 1200. The van der Waals surface area contributed by atoms with Gasteiger partial charge in [0.25, 0.3) is 11.8 Å². The zero-order chi connectivity index (χ0) is 24.0. The molecule has 0 aliphatic carbocycles. The first kappa shape index (κ1) is 22.9. The van der Waals surface area contributed by atoms with Crippen molar-refractivity contribution in [3.8, 4) is 17.2 Å². The van der Waals surface area contributed by atoms with Gasteiger partial charge in [0.15, 0.2) is 11.5 Å². The fourth-order valence-corrected chi connectivity index (χ4v) is 2.99. The summed E-state index contributed by atoms with van der Waals surface area (Å²) in [5.74, 6) is -1.36. The Morgan fingerprint density at radius 1 is 0.788 bits per heavy atom. The molecule has 0 fully saturated rings. The molecule has 3 aromatic carbocycles. The highest BCUT2D eigenvalue weighted by Gasteiger charge is 2.19. The van der Waals surface area contributed by atoms with Crippen molar-refractivity contribution in [3.05, 3.63) is 71.8 Å². The third-order valence-electron chi connectivity index (χ3n) is 4.57. The average Bonchev–Trinajstić information content (AvgIpc) is 2.80. The lowest BCUT2D eigenvalue weighted by atomic mass is 10.1. The van der Waals surface area contributed by atoms with E-state index in [0.29, 0.717) is 5.69 Å². The summed E-state index contributed by atoms with van der Waals surface area (Å²) in [4.78, 5) is 37.0. The van der Waals surface area contributed by atoms with Gasteiger partial charge in [0.05, 0.1) is 31.0 Å². The lowest BCUT2D eigenvalue weighted by Gasteiger charge is -2.15. The number of hydrogen-bond donors (Lipinski definition) is 5. The number of primary amides is 1. The second-order valence-corrected chi connectivity index (χ2v) is 6.75. The summed E-state index contributed by atoms with van der Waals surface area (Å²) >= 11 is 0. The van der Waals surface area contributed by atoms with Crippen LogP contribution >= 0.6 is 0 Å². The highest BCUT2D eigenvalue weighted by atomic mass is 16.5. The fraction of sp³-hybridized carbons (Fsp3) is 0.0870. The molecule has 0 aromatic heterocycles. The van der Waals surface area contributed by atoms with Gasteiger partial charge in [0.1, 0.15) is 5.75 Å². The van der Waals surface area contributed by atoms with Crippen LogP contribution in [0.4, 0.5) is 21.9 Å². The predicted molar refractivity (Wildman–Crippen MR) is 123 cm³/mol. The Morgan fingerprint density at radius 3 is 2.06 bits per heavy atom. The molecule has 33 heavy (non-hydrogen) atoms. The number of para-hydroxylation sites is 1. The summed E-state index contributed by atoms with van der Waals surface area (Å²) in [7, 11) is 2.79. The number of nitrogens with two attached hydrogens (primary N) is 1. The Hall–Kier alpha value is -4.73. The minimum atomic E-state index is -0.802. The van der Waals surface area contributed by atoms with Gasteiger partial charge in [-0.2, -0.15) is 0 Å². The van der Waals surface area contributed by atoms with Gasteiger partial charge in [-0.05, 0) is 36.4 Å². The van der Waals surface area contributed by atoms with Crippen molar-refractivity contribution >= 4 is 34.9 Å². The normalized spacial score (nSPS) is 10.1. The summed E-state index contributed by atoms with van der Waals surface area (Å²) in [5.41, 5.74) is 6.17. The maximum absolute atomic E-state index is 12.9. The average molecular weight is 450 g/mol. The summed E-state index contributed by atoms with van der Waals surface area (Å²) in [6, 6.07) is 15.0. The van der Waals surface area contributed by atoms with Gasteiger partial charge < -0.3 is 36.3 Å². The number of amides is 4. The largest absolute Gasteiger partial charge is 0.507 e. The highest BCUT2D eigenvalue weighted by Crippen LogP contribution is 2.34. The Kier molecular flexibility index (Phi) is 6.99. The molecule has 170 valence electrons. The van der Waals surface area contributed by atoms with E-state index < -0.39 is 17.8 Å². The third kappa shape index (κ3) is 5.50. The minimum Gasteiger partial charge on any atom is -0.507 e. The number of urea groups is 1. The van der Waals surface area contributed by atoms with Gasteiger partial charge in [-0.1, -0.05) is 18.2 Å². The van der Waals surface area contributed by atoms with Crippen molar-refractivity contribution in [2.24, 2.45) is 5.73 Å². The summed E-state index contributed by atoms with van der Waals surface area (Å²) in [6.07, 6.45) is 0. The van der Waals surface area contributed by atoms with Crippen LogP contribution < -0.4 is 31.2 Å². The van der Waals surface area contributed by atoms with Crippen LogP contribution in [-0.4, -0.2) is 37.2 Å². The molecular weight excluding hydrogens is 428 g/mol. The van der Waals surface area contributed by atoms with E-state index in [1.165, 1.54) is 44.6 Å². The topological polar surface area (TPSA) is 152 Å². The van der Waals surface area contributed by atoms with Crippen molar-refractivity contribution in [1.82, 2.24) is 0 Å². The molecule has 4 amide bonds. The maximum atomic E-state index is 12.9. The standard InChI is InChI=1S/C23H22N4O6/c1-32-19-11-15(21(24)29)17(12-20(19)33-2)27-22(30)16-10-14(8-9-18(16)28)26-23(31)25-13-6-4-3-5-7-13/h3-12,28H,1-2H3,(H2,24,29)(H,27,30)(H2,25,26,31). The van der Waals surface area contributed by atoms with E-state index in [4.69, 9.17) is 15.2 Å². The Morgan fingerprint density at radius 2 is 1.42 bits per heavy atom. The lowest BCUT2D eigenvalue weighted by Crippen LogP contribution is -2.21. The van der Waals surface area contributed by atoms with Crippen molar-refractivity contribution < 1.29 is 29.0 Å². The first-order valence-corrected chi connectivity index (χ1v) is 9.65. The molecule has 3 aromatic rings. The van der Waals surface area contributed by atoms with Crippen LogP contribution in [0.2, 0.25) is 0 Å². The number of benzene rings is 3. The number of methoxy groups -OCH3 is 2. The molecule has 0 atom stereocenters. The van der Waals surface area contributed by atoms with Crippen LogP contribution in [0, 0.1) is 0 Å². The van der Waals surface area contributed by atoms with Gasteiger partial charge in [0, 0.05) is 17.4 Å². The Balaban J connectivity index is 1.83. The van der Waals surface area contributed by atoms with Crippen LogP contribution in [0.5, 0.6) is 17.2 Å². The maximum Gasteiger partial charge on any atom is 0.323 e. The number of phenolic OH excluding ortho intramolecular Hbond substituents is 1. The van der Waals surface area contributed by atoms with Crippen molar-refractivity contribution in [2.75, 3.05) is 30.2 Å². The van der Waals surface area contributed by atoms with Crippen molar-refractivity contribution in [1.29, 1.82) is 0 Å². The number of aromatic hydroxyl groups is 1. The van der Waals surface area contributed by atoms with Crippen LogP contribution in [0.25, 0.3) is 0 Å². The molecule has 6 N–H and O–H groups in total. The zero-order valence-electron chi connectivity index (χ0n) is 17.8. The molecule has 10 nitrogen and oxygen atoms in total. The predicted octanol–water partition coefficient (Wildman–Crippen LogP) is 3.40. The van der Waals surface area contributed by atoms with Crippen molar-refractivity contribution in [3.63, 3.8) is 0 Å². The number of phenols is 1. The number of rotatable bonds is 7. The van der Waals surface area contributed by atoms with E-state index >= 15 is 0 Å².